The van der Waals surface area contributed by atoms with E-state index < -0.39 is 6.04 Å². The number of nitrogens with one attached hydrogen (secondary N) is 1. The van der Waals surface area contributed by atoms with Crippen molar-refractivity contribution in [1.29, 1.82) is 0 Å². The van der Waals surface area contributed by atoms with Gasteiger partial charge >= 0.3 is 0 Å². The van der Waals surface area contributed by atoms with Gasteiger partial charge in [0, 0.05) is 18.5 Å². The summed E-state index contributed by atoms with van der Waals surface area (Å²) in [7, 11) is 1.75. The Labute approximate surface area is 152 Å². The first-order valence-electron chi connectivity index (χ1n) is 8.14. The number of carbonyl (C=O) groups is 2. The van der Waals surface area contributed by atoms with Crippen molar-refractivity contribution in [3.8, 4) is 0 Å². The summed E-state index contributed by atoms with van der Waals surface area (Å²) in [5.41, 5.74) is 1.05. The molecule has 6 heteroatoms. The van der Waals surface area contributed by atoms with Gasteiger partial charge in [0.1, 0.15) is 6.04 Å². The first-order valence-corrected chi connectivity index (χ1v) is 9.37. The van der Waals surface area contributed by atoms with Gasteiger partial charge in [-0.1, -0.05) is 26.0 Å². The van der Waals surface area contributed by atoms with Crippen LogP contribution < -0.4 is 5.32 Å². The molecule has 0 saturated carbocycles. The molecule has 0 radical (unpaired) electrons. The fourth-order valence-electron chi connectivity index (χ4n) is 2.45. The number of rotatable bonds is 7. The summed E-state index contributed by atoms with van der Waals surface area (Å²) in [5.74, 6) is -0.333. The minimum absolute atomic E-state index is 0.0345. The van der Waals surface area contributed by atoms with Crippen molar-refractivity contribution < 1.29 is 14.0 Å². The van der Waals surface area contributed by atoms with Crippen LogP contribution >= 0.6 is 11.8 Å². The number of benzene rings is 1. The number of carbonyl (C=O) groups excluding carboxylic acids is 2. The molecule has 1 aromatic heterocycles. The molecule has 0 aliphatic heterocycles. The van der Waals surface area contributed by atoms with Crippen LogP contribution in [0.15, 0.2) is 52.0 Å². The van der Waals surface area contributed by atoms with Gasteiger partial charge in [-0.25, -0.2) is 0 Å². The monoisotopic (exact) mass is 360 g/mol. The molecule has 1 aromatic carbocycles. The van der Waals surface area contributed by atoms with Gasteiger partial charge in [0.05, 0.1) is 6.26 Å². The lowest BCUT2D eigenvalue weighted by molar-refractivity contribution is -0.133. The van der Waals surface area contributed by atoms with Crippen LogP contribution in [0.25, 0.3) is 0 Å². The lowest BCUT2D eigenvalue weighted by atomic mass is 10.0. The highest BCUT2D eigenvalue weighted by molar-refractivity contribution is 7.98. The lowest BCUT2D eigenvalue weighted by Crippen LogP contribution is -2.49. The predicted octanol–water partition coefficient (Wildman–Crippen LogP) is 3.41. The van der Waals surface area contributed by atoms with Crippen LogP contribution in [0, 0.1) is 5.92 Å². The highest BCUT2D eigenvalue weighted by atomic mass is 32.2. The maximum absolute atomic E-state index is 12.8. The predicted molar refractivity (Wildman–Crippen MR) is 99.5 cm³/mol. The van der Waals surface area contributed by atoms with Gasteiger partial charge < -0.3 is 14.6 Å². The highest BCUT2D eigenvalue weighted by Gasteiger charge is 2.28. The average molecular weight is 360 g/mol. The van der Waals surface area contributed by atoms with E-state index in [4.69, 9.17) is 4.42 Å². The SMILES string of the molecule is CSc1ccc(CN(C)C(=O)[C@@H](NC(=O)c2ccco2)C(C)C)cc1. The number of hydrogen-bond donors (Lipinski definition) is 1. The van der Waals surface area contributed by atoms with E-state index in [1.807, 2.05) is 44.4 Å². The third-order valence-electron chi connectivity index (χ3n) is 3.92. The Bertz CT molecular complexity index is 696. The Hall–Kier alpha value is -2.21. The fraction of sp³-hybridized carbons (Fsp3) is 0.368. The summed E-state index contributed by atoms with van der Waals surface area (Å²) >= 11 is 1.68. The fourth-order valence-corrected chi connectivity index (χ4v) is 2.86. The van der Waals surface area contributed by atoms with Crippen molar-refractivity contribution in [3.63, 3.8) is 0 Å². The topological polar surface area (TPSA) is 62.6 Å². The van der Waals surface area contributed by atoms with Crippen LogP contribution in [-0.4, -0.2) is 36.1 Å². The van der Waals surface area contributed by atoms with Crippen molar-refractivity contribution in [3.05, 3.63) is 54.0 Å². The number of nitrogens with zero attached hydrogens (tertiary/aromatic N) is 1. The molecule has 1 atom stereocenters. The second-order valence-electron chi connectivity index (χ2n) is 6.21. The number of amides is 2. The van der Waals surface area contributed by atoms with Crippen molar-refractivity contribution >= 4 is 23.6 Å². The van der Waals surface area contributed by atoms with Gasteiger partial charge in [-0.15, -0.1) is 11.8 Å². The Morgan fingerprint density at radius 2 is 1.88 bits per heavy atom. The van der Waals surface area contributed by atoms with Crippen molar-refractivity contribution in [2.24, 2.45) is 5.92 Å². The third-order valence-corrected chi connectivity index (χ3v) is 4.66. The zero-order valence-corrected chi connectivity index (χ0v) is 15.8. The van der Waals surface area contributed by atoms with Crippen LogP contribution in [0.5, 0.6) is 0 Å². The standard InChI is InChI=1S/C19H24N2O3S/c1-13(2)17(20-18(22)16-6-5-11-24-16)19(23)21(3)12-14-7-9-15(25-4)10-8-14/h5-11,13,17H,12H2,1-4H3,(H,20,22)/t17-/m0/s1. The quantitative estimate of drug-likeness (QED) is 0.769. The molecule has 134 valence electrons. The van der Waals surface area contributed by atoms with Gasteiger partial charge in [0.25, 0.3) is 5.91 Å². The van der Waals surface area contributed by atoms with Crippen LogP contribution in [-0.2, 0) is 11.3 Å². The largest absolute Gasteiger partial charge is 0.459 e. The molecule has 0 spiro atoms. The normalized spacial score (nSPS) is 12.0. The lowest BCUT2D eigenvalue weighted by Gasteiger charge is -2.27. The molecule has 2 aromatic rings. The van der Waals surface area contributed by atoms with E-state index >= 15 is 0 Å². The number of likely N-dealkylation sites (N-methyl/N-ethyl adjacent to an activating group) is 1. The Balaban J connectivity index is 2.03. The molecule has 0 saturated heterocycles. The molecule has 0 bridgehead atoms. The summed E-state index contributed by atoms with van der Waals surface area (Å²) in [5, 5.41) is 2.78. The van der Waals surface area contributed by atoms with E-state index in [1.54, 1.807) is 35.8 Å². The van der Waals surface area contributed by atoms with Crippen LogP contribution in [0.3, 0.4) is 0 Å². The molecule has 2 rings (SSSR count). The van der Waals surface area contributed by atoms with E-state index in [9.17, 15) is 9.59 Å². The highest BCUT2D eigenvalue weighted by Crippen LogP contribution is 2.16. The maximum Gasteiger partial charge on any atom is 0.287 e. The maximum atomic E-state index is 12.8. The van der Waals surface area contributed by atoms with Crippen molar-refractivity contribution in [2.45, 2.75) is 31.3 Å². The summed E-state index contributed by atoms with van der Waals surface area (Å²) < 4.78 is 5.09. The second-order valence-corrected chi connectivity index (χ2v) is 7.09. The van der Waals surface area contributed by atoms with E-state index in [0.29, 0.717) is 6.54 Å². The Kier molecular flexibility index (Phi) is 6.70. The van der Waals surface area contributed by atoms with E-state index in [1.165, 1.54) is 11.2 Å². The summed E-state index contributed by atoms with van der Waals surface area (Å²) in [6, 6.07) is 10.7. The van der Waals surface area contributed by atoms with Crippen LogP contribution in [0.1, 0.15) is 30.0 Å². The smallest absolute Gasteiger partial charge is 0.287 e. The number of thioether (sulfide) groups is 1. The van der Waals surface area contributed by atoms with E-state index in [2.05, 4.69) is 5.32 Å². The van der Waals surface area contributed by atoms with Crippen LogP contribution in [0.2, 0.25) is 0 Å². The molecule has 25 heavy (non-hydrogen) atoms. The minimum atomic E-state index is -0.604. The molecule has 0 aliphatic carbocycles. The molecule has 2 amide bonds. The minimum Gasteiger partial charge on any atom is -0.459 e. The second kappa shape index (κ2) is 8.76. The molecule has 0 fully saturated rings. The third kappa shape index (κ3) is 5.13. The van der Waals surface area contributed by atoms with E-state index in [-0.39, 0.29) is 23.5 Å². The van der Waals surface area contributed by atoms with Gasteiger partial charge in [-0.3, -0.25) is 9.59 Å². The van der Waals surface area contributed by atoms with Gasteiger partial charge in [0.15, 0.2) is 5.76 Å². The summed E-state index contributed by atoms with van der Waals surface area (Å²) in [4.78, 5) is 27.8. The van der Waals surface area contributed by atoms with Crippen molar-refractivity contribution in [1.82, 2.24) is 10.2 Å². The first-order chi connectivity index (χ1) is 11.9. The van der Waals surface area contributed by atoms with Gasteiger partial charge in [-0.2, -0.15) is 0 Å². The molecule has 1 heterocycles. The Morgan fingerprint density at radius 1 is 1.20 bits per heavy atom. The molecule has 5 nitrogen and oxygen atoms in total. The first kappa shape index (κ1) is 19.1. The van der Waals surface area contributed by atoms with Gasteiger partial charge in [-0.05, 0) is 42.0 Å². The zero-order chi connectivity index (χ0) is 18.4. The van der Waals surface area contributed by atoms with Crippen LogP contribution in [0.4, 0.5) is 0 Å². The van der Waals surface area contributed by atoms with Gasteiger partial charge in [0.2, 0.25) is 5.91 Å². The molecular formula is C19H24N2O3S. The molecule has 1 N–H and O–H groups in total. The summed E-state index contributed by atoms with van der Waals surface area (Å²) in [6.45, 7) is 4.31. The molecule has 0 aliphatic rings. The van der Waals surface area contributed by atoms with E-state index in [0.717, 1.165) is 5.56 Å². The molecular weight excluding hydrogens is 336 g/mol. The molecule has 0 unspecified atom stereocenters. The summed E-state index contributed by atoms with van der Waals surface area (Å²) in [6.07, 6.45) is 3.46. The number of hydrogen-bond acceptors (Lipinski definition) is 4. The zero-order valence-electron chi connectivity index (χ0n) is 15.0. The van der Waals surface area contributed by atoms with Crippen molar-refractivity contribution in [2.75, 3.05) is 13.3 Å². The number of furan rings is 1. The average Bonchev–Trinajstić information content (AvgIpc) is 3.14. The Morgan fingerprint density at radius 3 is 2.40 bits per heavy atom.